The van der Waals surface area contributed by atoms with Gasteiger partial charge in [0.2, 0.25) is 0 Å². The van der Waals surface area contributed by atoms with Crippen molar-refractivity contribution in [2.45, 2.75) is 136 Å². The van der Waals surface area contributed by atoms with Crippen LogP contribution in [0.3, 0.4) is 0 Å². The maximum atomic E-state index is 14.0. The Kier molecular flexibility index (Phi) is 10.5. The number of ether oxygens (including phenoxy) is 6. The van der Waals surface area contributed by atoms with Crippen LogP contribution in [0, 0.1) is 50.7 Å². The summed E-state index contributed by atoms with van der Waals surface area (Å²) in [4.78, 5) is 41.4. The van der Waals surface area contributed by atoms with E-state index in [-0.39, 0.29) is 29.0 Å². The summed E-state index contributed by atoms with van der Waals surface area (Å²) in [5.41, 5.74) is 1.81. The average molecular weight is 845 g/mol. The van der Waals surface area contributed by atoms with Crippen LogP contribution in [0.1, 0.15) is 130 Å². The maximum Gasteiger partial charge on any atom is 0.338 e. The molecule has 2 bridgehead atoms. The van der Waals surface area contributed by atoms with E-state index >= 15 is 0 Å². The van der Waals surface area contributed by atoms with E-state index < -0.39 is 42.5 Å². The third-order valence-corrected chi connectivity index (χ3v) is 18.5. The van der Waals surface area contributed by atoms with Crippen LogP contribution in [0.25, 0.3) is 0 Å². The summed E-state index contributed by atoms with van der Waals surface area (Å²) in [6.07, 6.45) is 7.51. The van der Waals surface area contributed by atoms with Crippen LogP contribution in [-0.2, 0) is 28.4 Å². The number of carbonyl (C=O) groups excluding carboxylic acids is 3. The number of hydrogen-bond donors (Lipinski definition) is 0. The topological polar surface area (TPSA) is 107 Å². The highest BCUT2D eigenvalue weighted by molar-refractivity contribution is 5.91. The Morgan fingerprint density at radius 2 is 1.16 bits per heavy atom. The molecule has 2 heterocycles. The van der Waals surface area contributed by atoms with Gasteiger partial charge in [-0.05, 0) is 151 Å². The van der Waals surface area contributed by atoms with Gasteiger partial charge in [0, 0.05) is 0 Å². The number of rotatable bonds is 8. The minimum atomic E-state index is -1.25. The van der Waals surface area contributed by atoms with E-state index in [0.717, 1.165) is 37.7 Å². The Morgan fingerprint density at radius 3 is 1.76 bits per heavy atom. The van der Waals surface area contributed by atoms with Crippen LogP contribution in [0.5, 0.6) is 0 Å². The van der Waals surface area contributed by atoms with Gasteiger partial charge in [0.15, 0.2) is 24.6 Å². The molecule has 62 heavy (non-hydrogen) atoms. The zero-order valence-electron chi connectivity index (χ0n) is 37.1. The number of fused-ring (bicyclic) bond motifs is 5. The molecular formula is C53H64O9. The SMILES string of the molecule is CC1(C)[C@@H](O[C@@H]2OC[C@H](OC(=O)c3ccccc3)[C@H](OC(=O)c3ccccc3)[C@H]2OC(=O)c2ccccc2)CC[C@]2(C)[C@H]3CC[C@@H]4[C@H]5[C@H]6CC[C@]5(CC[C@@]4(C)[C@]3(C)CC[C@@H]12)CO6. The fourth-order valence-electron chi connectivity index (χ4n) is 15.3. The van der Waals surface area contributed by atoms with E-state index in [4.69, 9.17) is 28.4 Å². The molecule has 0 N–H and O–H groups in total. The fraction of sp³-hybridized carbons (Fsp3) is 0.604. The lowest BCUT2D eigenvalue weighted by atomic mass is 9.32. The van der Waals surface area contributed by atoms with E-state index in [1.54, 1.807) is 72.8 Å². The summed E-state index contributed by atoms with van der Waals surface area (Å²) in [5.74, 6) is 0.594. The van der Waals surface area contributed by atoms with Gasteiger partial charge in [-0.1, -0.05) is 89.2 Å². The first-order valence-corrected chi connectivity index (χ1v) is 23.4. The molecule has 10 rings (SSSR count). The molecular weight excluding hydrogens is 781 g/mol. The molecule has 0 spiro atoms. The molecule has 0 aromatic heterocycles. The number of benzene rings is 3. The van der Waals surface area contributed by atoms with Crippen molar-refractivity contribution >= 4 is 17.9 Å². The second kappa shape index (κ2) is 15.6. The molecule has 9 nitrogen and oxygen atoms in total. The molecule has 0 amide bonds. The van der Waals surface area contributed by atoms with Crippen molar-refractivity contribution in [3.8, 4) is 0 Å². The van der Waals surface area contributed by atoms with Crippen molar-refractivity contribution in [2.75, 3.05) is 13.2 Å². The van der Waals surface area contributed by atoms with Crippen LogP contribution in [0.2, 0.25) is 0 Å². The molecule has 7 aliphatic rings. The van der Waals surface area contributed by atoms with Gasteiger partial charge in [0.05, 0.1) is 42.1 Å². The van der Waals surface area contributed by atoms with Gasteiger partial charge in [0.1, 0.15) is 0 Å². The summed E-state index contributed by atoms with van der Waals surface area (Å²) in [7, 11) is 0. The van der Waals surface area contributed by atoms with Gasteiger partial charge in [-0.25, -0.2) is 14.4 Å². The Balaban J connectivity index is 0.932. The first kappa shape index (κ1) is 41.9. The van der Waals surface area contributed by atoms with Gasteiger partial charge in [-0.15, -0.1) is 0 Å². The zero-order chi connectivity index (χ0) is 43.1. The molecule has 3 aromatic rings. The van der Waals surface area contributed by atoms with Crippen molar-refractivity contribution in [3.05, 3.63) is 108 Å². The summed E-state index contributed by atoms with van der Waals surface area (Å²) >= 11 is 0. The lowest BCUT2D eigenvalue weighted by Crippen LogP contribution is -2.67. The molecule has 5 saturated carbocycles. The van der Waals surface area contributed by atoms with Gasteiger partial charge in [-0.3, -0.25) is 0 Å². The van der Waals surface area contributed by atoms with Crippen molar-refractivity contribution in [1.82, 2.24) is 0 Å². The Hall–Kier alpha value is -4.05. The minimum absolute atomic E-state index is 0.127. The third-order valence-electron chi connectivity index (χ3n) is 18.5. The summed E-state index contributed by atoms with van der Waals surface area (Å²) < 4.78 is 38.8. The monoisotopic (exact) mass is 844 g/mol. The molecule has 14 atom stereocenters. The predicted octanol–water partition coefficient (Wildman–Crippen LogP) is 10.3. The van der Waals surface area contributed by atoms with E-state index in [9.17, 15) is 14.4 Å². The normalized spacial score (nSPS) is 41.4. The van der Waals surface area contributed by atoms with Crippen molar-refractivity contribution < 1.29 is 42.8 Å². The minimum Gasteiger partial charge on any atom is -0.452 e. The summed E-state index contributed by atoms with van der Waals surface area (Å²) in [5, 5.41) is 0. The molecule has 7 fully saturated rings. The van der Waals surface area contributed by atoms with Gasteiger partial charge < -0.3 is 28.4 Å². The average Bonchev–Trinajstić information content (AvgIpc) is 3.84. The fourth-order valence-corrected chi connectivity index (χ4v) is 15.3. The highest BCUT2D eigenvalue weighted by Gasteiger charge is 2.72. The molecule has 9 heteroatoms. The largest absolute Gasteiger partial charge is 0.452 e. The molecule has 330 valence electrons. The number of esters is 3. The highest BCUT2D eigenvalue weighted by Crippen LogP contribution is 2.77. The van der Waals surface area contributed by atoms with Crippen LogP contribution in [-0.4, -0.2) is 67.9 Å². The zero-order valence-corrected chi connectivity index (χ0v) is 37.1. The molecule has 3 aromatic carbocycles. The van der Waals surface area contributed by atoms with Gasteiger partial charge >= 0.3 is 17.9 Å². The first-order valence-electron chi connectivity index (χ1n) is 23.4. The summed E-state index contributed by atoms with van der Waals surface area (Å²) in [6, 6.07) is 26.0. The molecule has 5 aliphatic carbocycles. The second-order valence-electron chi connectivity index (χ2n) is 21.4. The third kappa shape index (κ3) is 6.60. The Bertz CT molecular complexity index is 2130. The van der Waals surface area contributed by atoms with Gasteiger partial charge in [-0.2, -0.15) is 0 Å². The van der Waals surface area contributed by atoms with E-state index in [1.807, 2.05) is 18.2 Å². The second-order valence-corrected chi connectivity index (χ2v) is 21.4. The van der Waals surface area contributed by atoms with Crippen molar-refractivity contribution in [1.29, 1.82) is 0 Å². The first-order chi connectivity index (χ1) is 29.8. The molecule has 2 aliphatic heterocycles. The van der Waals surface area contributed by atoms with Crippen LogP contribution < -0.4 is 0 Å². The lowest BCUT2D eigenvalue weighted by Gasteiger charge is -2.72. The van der Waals surface area contributed by atoms with Crippen LogP contribution in [0.4, 0.5) is 0 Å². The molecule has 2 saturated heterocycles. The van der Waals surface area contributed by atoms with E-state index in [1.165, 1.54) is 44.9 Å². The Labute approximate surface area is 366 Å². The lowest BCUT2D eigenvalue weighted by molar-refractivity contribution is -0.309. The number of carbonyl (C=O) groups is 3. The molecule has 0 radical (unpaired) electrons. The Morgan fingerprint density at radius 1 is 0.565 bits per heavy atom. The van der Waals surface area contributed by atoms with Crippen molar-refractivity contribution in [3.63, 3.8) is 0 Å². The molecule has 0 unspecified atom stereocenters. The van der Waals surface area contributed by atoms with Gasteiger partial charge in [0.25, 0.3) is 0 Å². The van der Waals surface area contributed by atoms with Crippen LogP contribution >= 0.6 is 0 Å². The standard InChI is InChI=1S/C53H64O9/c1-49(2)39-24-27-52(5)40(22-21-36-42-37-23-28-53(42,32-58-37)30-29-51(36,52)4)50(39,3)26-25-41(49)60-48-44(62-47(56)35-19-13-8-14-20-35)43(61-46(55)34-17-11-7-12-18-34)38(31-57-48)59-45(54)33-15-9-6-10-16-33/h6-20,36-44,48H,21-32H2,1-5H3/t36-,37-,38+,39+,40-,41+,42+,43+,44-,48+,50+,51-,52-,53+/m1/s1. The number of hydrogen-bond acceptors (Lipinski definition) is 9. The van der Waals surface area contributed by atoms with E-state index in [2.05, 4.69) is 34.6 Å². The van der Waals surface area contributed by atoms with Crippen LogP contribution in [0.15, 0.2) is 91.0 Å². The van der Waals surface area contributed by atoms with E-state index in [0.29, 0.717) is 45.5 Å². The predicted molar refractivity (Wildman–Crippen MR) is 232 cm³/mol. The summed E-state index contributed by atoms with van der Waals surface area (Å²) in [6.45, 7) is 13.5. The maximum absolute atomic E-state index is 14.0. The smallest absolute Gasteiger partial charge is 0.338 e. The quantitative estimate of drug-likeness (QED) is 0.124. The highest BCUT2D eigenvalue weighted by atomic mass is 16.7. The van der Waals surface area contributed by atoms with Crippen molar-refractivity contribution in [2.24, 2.45) is 50.7 Å².